The zero-order valence-corrected chi connectivity index (χ0v) is 18.9. The molecule has 7 heteroatoms. The molecule has 0 atom stereocenters. The lowest BCUT2D eigenvalue weighted by Gasteiger charge is -2.32. The summed E-state index contributed by atoms with van der Waals surface area (Å²) in [5, 5.41) is 9.91. The molecule has 0 bridgehead atoms. The maximum Gasteiger partial charge on any atom is 0.242 e. The molecule has 0 radical (unpaired) electrons. The molecule has 152 valence electrons. The number of hydrogen-bond acceptors (Lipinski definition) is 3. The molecule has 1 saturated carbocycles. The Bertz CT molecular complexity index is 418. The molecule has 0 aromatic rings. The third-order valence-electron chi connectivity index (χ3n) is 5.16. The van der Waals surface area contributed by atoms with Crippen LogP contribution in [0.2, 0.25) is 0 Å². The van der Waals surface area contributed by atoms with Gasteiger partial charge in [0.15, 0.2) is 5.96 Å². The lowest BCUT2D eigenvalue weighted by atomic mass is 9.95. The van der Waals surface area contributed by atoms with E-state index in [1.165, 1.54) is 32.2 Å². The SMILES string of the molecule is CCCN1CCC(NC(=NCC(=O)NC2CCCCC2)NCC)CC1.I. The first-order chi connectivity index (χ1) is 12.2. The molecule has 1 amide bonds. The van der Waals surface area contributed by atoms with Crippen molar-refractivity contribution in [3.63, 3.8) is 0 Å². The largest absolute Gasteiger partial charge is 0.357 e. The van der Waals surface area contributed by atoms with Crippen LogP contribution < -0.4 is 16.0 Å². The molecule has 0 aromatic heterocycles. The minimum atomic E-state index is 0. The van der Waals surface area contributed by atoms with Crippen LogP contribution in [0.3, 0.4) is 0 Å². The maximum absolute atomic E-state index is 12.1. The average Bonchev–Trinajstić information content (AvgIpc) is 2.63. The van der Waals surface area contributed by atoms with E-state index in [-0.39, 0.29) is 36.4 Å². The monoisotopic (exact) mass is 479 g/mol. The van der Waals surface area contributed by atoms with E-state index in [1.807, 2.05) is 0 Å². The summed E-state index contributed by atoms with van der Waals surface area (Å²) in [7, 11) is 0. The Morgan fingerprint density at radius 2 is 1.65 bits per heavy atom. The summed E-state index contributed by atoms with van der Waals surface area (Å²) in [5.74, 6) is 0.817. The molecule has 2 aliphatic rings. The Balaban J connectivity index is 0.00000338. The number of piperidine rings is 1. The quantitative estimate of drug-likeness (QED) is 0.298. The Morgan fingerprint density at radius 1 is 1.00 bits per heavy atom. The highest BCUT2D eigenvalue weighted by atomic mass is 127. The summed E-state index contributed by atoms with van der Waals surface area (Å²) in [6, 6.07) is 0.808. The highest BCUT2D eigenvalue weighted by molar-refractivity contribution is 14.0. The molecular weight excluding hydrogens is 441 g/mol. The number of halogens is 1. The van der Waals surface area contributed by atoms with Crippen molar-refractivity contribution >= 4 is 35.8 Å². The van der Waals surface area contributed by atoms with Gasteiger partial charge in [-0.1, -0.05) is 26.2 Å². The van der Waals surface area contributed by atoms with Crippen molar-refractivity contribution in [3.8, 4) is 0 Å². The summed E-state index contributed by atoms with van der Waals surface area (Å²) < 4.78 is 0. The van der Waals surface area contributed by atoms with Gasteiger partial charge in [0.25, 0.3) is 0 Å². The fourth-order valence-corrected chi connectivity index (χ4v) is 3.80. The Morgan fingerprint density at radius 3 is 2.27 bits per heavy atom. The normalized spacial score (nSPS) is 20.3. The first-order valence-corrected chi connectivity index (χ1v) is 10.3. The van der Waals surface area contributed by atoms with Gasteiger partial charge in [-0.25, -0.2) is 4.99 Å². The van der Waals surface area contributed by atoms with Crippen molar-refractivity contribution in [2.45, 2.75) is 77.3 Å². The average molecular weight is 479 g/mol. The van der Waals surface area contributed by atoms with E-state index in [2.05, 4.69) is 39.7 Å². The smallest absolute Gasteiger partial charge is 0.242 e. The number of carbonyl (C=O) groups excluding carboxylic acids is 1. The van der Waals surface area contributed by atoms with Crippen LogP contribution in [0.5, 0.6) is 0 Å². The number of likely N-dealkylation sites (tertiary alicyclic amines) is 1. The lowest BCUT2D eigenvalue weighted by Crippen LogP contribution is -2.49. The lowest BCUT2D eigenvalue weighted by molar-refractivity contribution is -0.120. The van der Waals surface area contributed by atoms with Crippen molar-refractivity contribution in [2.24, 2.45) is 4.99 Å². The van der Waals surface area contributed by atoms with E-state index < -0.39 is 0 Å². The van der Waals surface area contributed by atoms with Crippen molar-refractivity contribution in [1.82, 2.24) is 20.9 Å². The van der Waals surface area contributed by atoms with Crippen molar-refractivity contribution in [3.05, 3.63) is 0 Å². The molecule has 1 saturated heterocycles. The van der Waals surface area contributed by atoms with E-state index in [1.54, 1.807) is 0 Å². The molecule has 2 fully saturated rings. The Labute approximate surface area is 176 Å². The molecule has 0 aromatic carbocycles. The van der Waals surface area contributed by atoms with Crippen LogP contribution in [0.25, 0.3) is 0 Å². The number of nitrogens with zero attached hydrogens (tertiary/aromatic N) is 2. The second kappa shape index (κ2) is 13.6. The van der Waals surface area contributed by atoms with Gasteiger partial charge >= 0.3 is 0 Å². The van der Waals surface area contributed by atoms with Gasteiger partial charge in [-0.2, -0.15) is 0 Å². The van der Waals surface area contributed by atoms with Gasteiger partial charge in [-0.15, -0.1) is 24.0 Å². The second-order valence-corrected chi connectivity index (χ2v) is 7.36. The molecule has 1 heterocycles. The predicted octanol–water partition coefficient (Wildman–Crippen LogP) is 2.48. The third-order valence-corrected chi connectivity index (χ3v) is 5.16. The third kappa shape index (κ3) is 8.88. The molecule has 2 rings (SSSR count). The first-order valence-electron chi connectivity index (χ1n) is 10.3. The summed E-state index contributed by atoms with van der Waals surface area (Å²) in [5.41, 5.74) is 0. The van der Waals surface area contributed by atoms with E-state index in [0.717, 1.165) is 51.3 Å². The molecule has 1 aliphatic carbocycles. The minimum Gasteiger partial charge on any atom is -0.357 e. The van der Waals surface area contributed by atoms with Gasteiger partial charge in [-0.3, -0.25) is 4.79 Å². The zero-order chi connectivity index (χ0) is 17.9. The van der Waals surface area contributed by atoms with Gasteiger partial charge < -0.3 is 20.9 Å². The standard InChI is InChI=1S/C19H37N5O.HI/c1-3-12-24-13-10-17(11-14-24)23-19(20-4-2)21-15-18(25)22-16-8-6-5-7-9-16;/h16-17H,3-15H2,1-2H3,(H,22,25)(H2,20,21,23);1H. The number of aliphatic imine (C=N–C) groups is 1. The zero-order valence-electron chi connectivity index (χ0n) is 16.6. The van der Waals surface area contributed by atoms with E-state index in [4.69, 9.17) is 0 Å². The minimum absolute atomic E-state index is 0. The molecule has 26 heavy (non-hydrogen) atoms. The van der Waals surface area contributed by atoms with Crippen molar-refractivity contribution in [2.75, 3.05) is 32.7 Å². The molecule has 0 spiro atoms. The number of rotatable bonds is 7. The van der Waals surface area contributed by atoms with Crippen molar-refractivity contribution in [1.29, 1.82) is 0 Å². The number of amides is 1. The van der Waals surface area contributed by atoms with Crippen LogP contribution in [0, 0.1) is 0 Å². The molecule has 6 nitrogen and oxygen atoms in total. The van der Waals surface area contributed by atoms with Gasteiger partial charge in [0.05, 0.1) is 0 Å². The highest BCUT2D eigenvalue weighted by Gasteiger charge is 2.20. The van der Waals surface area contributed by atoms with Crippen molar-refractivity contribution < 1.29 is 4.79 Å². The van der Waals surface area contributed by atoms with Gasteiger partial charge in [0, 0.05) is 31.7 Å². The van der Waals surface area contributed by atoms with Gasteiger partial charge in [-0.05, 0) is 45.6 Å². The van der Waals surface area contributed by atoms with Crippen LogP contribution in [-0.4, -0.2) is 61.6 Å². The molecule has 1 aliphatic heterocycles. The van der Waals surface area contributed by atoms with Crippen LogP contribution >= 0.6 is 24.0 Å². The van der Waals surface area contributed by atoms with E-state index in [9.17, 15) is 4.79 Å². The predicted molar refractivity (Wildman–Crippen MR) is 119 cm³/mol. The van der Waals surface area contributed by atoms with Gasteiger partial charge in [0.2, 0.25) is 5.91 Å². The number of carbonyl (C=O) groups is 1. The van der Waals surface area contributed by atoms with E-state index in [0.29, 0.717) is 12.1 Å². The molecule has 3 N–H and O–H groups in total. The topological polar surface area (TPSA) is 68.8 Å². The second-order valence-electron chi connectivity index (χ2n) is 7.36. The fraction of sp³-hybridized carbons (Fsp3) is 0.895. The van der Waals surface area contributed by atoms with E-state index >= 15 is 0 Å². The summed E-state index contributed by atoms with van der Waals surface area (Å²) in [4.78, 5) is 19.2. The maximum atomic E-state index is 12.1. The van der Waals surface area contributed by atoms with Crippen LogP contribution in [-0.2, 0) is 4.79 Å². The van der Waals surface area contributed by atoms with Gasteiger partial charge in [0.1, 0.15) is 6.54 Å². The van der Waals surface area contributed by atoms with Crippen LogP contribution in [0.15, 0.2) is 4.99 Å². The Hall–Kier alpha value is -0.570. The fourth-order valence-electron chi connectivity index (χ4n) is 3.80. The first kappa shape index (κ1) is 23.5. The Kier molecular flexibility index (Phi) is 12.3. The number of guanidine groups is 1. The molecule has 0 unspecified atom stereocenters. The van der Waals surface area contributed by atoms with Crippen LogP contribution in [0.4, 0.5) is 0 Å². The number of hydrogen-bond donors (Lipinski definition) is 3. The summed E-state index contributed by atoms with van der Waals surface area (Å²) in [6.45, 7) is 8.80. The van der Waals surface area contributed by atoms with Crippen LogP contribution in [0.1, 0.15) is 65.2 Å². The number of nitrogens with one attached hydrogen (secondary N) is 3. The summed E-state index contributed by atoms with van der Waals surface area (Å²) >= 11 is 0. The highest BCUT2D eigenvalue weighted by Crippen LogP contribution is 2.17. The molecular formula is C19H38IN5O. The summed E-state index contributed by atoms with van der Waals surface area (Å²) in [6.07, 6.45) is 9.49.